The number of unbranched alkanes of at least 4 members (excludes halogenated alkanes) is 1. The average Bonchev–Trinajstić information content (AvgIpc) is 2.36. The van der Waals surface area contributed by atoms with Gasteiger partial charge in [-0.2, -0.15) is 0 Å². The van der Waals surface area contributed by atoms with Crippen molar-refractivity contribution in [1.82, 2.24) is 15.5 Å². The molecule has 1 aliphatic rings. The van der Waals surface area contributed by atoms with Crippen LogP contribution in [0, 0.1) is 5.41 Å². The van der Waals surface area contributed by atoms with Crippen LogP contribution < -0.4 is 10.6 Å². The summed E-state index contributed by atoms with van der Waals surface area (Å²) in [4.78, 5) is 37.6. The fourth-order valence-corrected chi connectivity index (χ4v) is 2.20. The molecule has 21 heavy (non-hydrogen) atoms. The third-order valence-electron chi connectivity index (χ3n) is 3.34. The molecule has 120 valence electrons. The largest absolute Gasteiger partial charge is 0.354 e. The summed E-state index contributed by atoms with van der Waals surface area (Å²) in [6.45, 7) is 8.66. The molecule has 1 aliphatic heterocycles. The zero-order chi connectivity index (χ0) is 16.0. The average molecular weight is 297 g/mol. The number of hydrogen-bond donors (Lipinski definition) is 2. The highest BCUT2D eigenvalue weighted by Crippen LogP contribution is 2.22. The highest BCUT2D eigenvalue weighted by molar-refractivity contribution is 5.93. The van der Waals surface area contributed by atoms with E-state index in [1.165, 1.54) is 4.90 Å². The number of nitrogens with one attached hydrogen (secondary N) is 2. The van der Waals surface area contributed by atoms with Gasteiger partial charge in [0.15, 0.2) is 0 Å². The fourth-order valence-electron chi connectivity index (χ4n) is 2.20. The summed E-state index contributed by atoms with van der Waals surface area (Å²) in [5.74, 6) is -0.524. The smallest absolute Gasteiger partial charge is 0.243 e. The maximum Gasteiger partial charge on any atom is 0.243 e. The lowest BCUT2D eigenvalue weighted by atomic mass is 9.91. The first-order valence-corrected chi connectivity index (χ1v) is 7.58. The normalized spacial score (nSPS) is 19.1. The number of rotatable bonds is 5. The quantitative estimate of drug-likeness (QED) is 0.744. The van der Waals surface area contributed by atoms with Gasteiger partial charge < -0.3 is 15.5 Å². The number of hydrogen-bond acceptors (Lipinski definition) is 3. The summed E-state index contributed by atoms with van der Waals surface area (Å²) < 4.78 is 0. The van der Waals surface area contributed by atoms with Gasteiger partial charge in [0.05, 0.1) is 13.1 Å². The Morgan fingerprint density at radius 2 is 2.05 bits per heavy atom. The molecule has 1 fully saturated rings. The minimum Gasteiger partial charge on any atom is -0.354 e. The summed E-state index contributed by atoms with van der Waals surface area (Å²) in [6, 6.07) is -0.689. The van der Waals surface area contributed by atoms with Crippen LogP contribution in [0.2, 0.25) is 0 Å². The molecule has 0 aromatic carbocycles. The molecule has 1 saturated heterocycles. The van der Waals surface area contributed by atoms with E-state index < -0.39 is 6.04 Å². The predicted octanol–water partition coefficient (Wildman–Crippen LogP) is 1.01. The molecular weight excluding hydrogens is 270 g/mol. The highest BCUT2D eigenvalue weighted by Gasteiger charge is 2.36. The zero-order valence-electron chi connectivity index (χ0n) is 13.5. The maximum absolute atomic E-state index is 12.4. The van der Waals surface area contributed by atoms with Crippen molar-refractivity contribution in [3.8, 4) is 0 Å². The van der Waals surface area contributed by atoms with E-state index in [1.54, 1.807) is 0 Å². The van der Waals surface area contributed by atoms with E-state index in [1.807, 2.05) is 27.7 Å². The van der Waals surface area contributed by atoms with Crippen LogP contribution in [0.5, 0.6) is 0 Å². The van der Waals surface area contributed by atoms with Gasteiger partial charge in [-0.3, -0.25) is 14.4 Å². The van der Waals surface area contributed by atoms with Gasteiger partial charge in [-0.05, 0) is 11.8 Å². The van der Waals surface area contributed by atoms with Crippen LogP contribution in [0.15, 0.2) is 0 Å². The lowest BCUT2D eigenvalue weighted by Crippen LogP contribution is -2.59. The minimum absolute atomic E-state index is 0.0356. The van der Waals surface area contributed by atoms with E-state index in [9.17, 15) is 14.4 Å². The molecule has 6 nitrogen and oxygen atoms in total. The monoisotopic (exact) mass is 297 g/mol. The Bertz CT molecular complexity index is 401. The van der Waals surface area contributed by atoms with E-state index in [0.29, 0.717) is 13.0 Å². The molecule has 1 unspecified atom stereocenters. The van der Waals surface area contributed by atoms with Crippen molar-refractivity contribution in [2.45, 2.75) is 59.4 Å². The molecule has 0 aromatic rings. The topological polar surface area (TPSA) is 78.5 Å². The van der Waals surface area contributed by atoms with Crippen molar-refractivity contribution >= 4 is 17.7 Å². The van der Waals surface area contributed by atoms with Crippen LogP contribution in [-0.4, -0.2) is 41.9 Å². The molecule has 2 N–H and O–H groups in total. The predicted molar refractivity (Wildman–Crippen MR) is 80.3 cm³/mol. The molecule has 0 radical (unpaired) electrons. The molecule has 6 heteroatoms. The van der Waals surface area contributed by atoms with E-state index in [0.717, 1.165) is 12.8 Å². The fraction of sp³-hybridized carbons (Fsp3) is 0.800. The Hall–Kier alpha value is -1.59. The van der Waals surface area contributed by atoms with E-state index in [4.69, 9.17) is 0 Å². The van der Waals surface area contributed by atoms with Crippen molar-refractivity contribution in [2.75, 3.05) is 13.2 Å². The van der Waals surface area contributed by atoms with Crippen molar-refractivity contribution in [1.29, 1.82) is 0 Å². The molecule has 0 saturated carbocycles. The second-order valence-corrected chi connectivity index (χ2v) is 6.72. The second kappa shape index (κ2) is 7.43. The molecule has 1 heterocycles. The molecule has 1 rings (SSSR count). The minimum atomic E-state index is -0.689. The summed E-state index contributed by atoms with van der Waals surface area (Å²) in [7, 11) is 0. The van der Waals surface area contributed by atoms with Gasteiger partial charge in [-0.1, -0.05) is 34.1 Å². The Kier molecular flexibility index (Phi) is 6.18. The Balaban J connectivity index is 2.72. The maximum atomic E-state index is 12.4. The Morgan fingerprint density at radius 1 is 1.38 bits per heavy atom. The molecule has 3 amide bonds. The van der Waals surface area contributed by atoms with E-state index in [-0.39, 0.29) is 36.2 Å². The van der Waals surface area contributed by atoms with Crippen LogP contribution >= 0.6 is 0 Å². The van der Waals surface area contributed by atoms with Gasteiger partial charge >= 0.3 is 0 Å². The Morgan fingerprint density at radius 3 is 2.62 bits per heavy atom. The molecule has 0 bridgehead atoms. The first-order valence-electron chi connectivity index (χ1n) is 7.58. The second-order valence-electron chi connectivity index (χ2n) is 6.72. The van der Waals surface area contributed by atoms with Crippen LogP contribution in [0.25, 0.3) is 0 Å². The van der Waals surface area contributed by atoms with Crippen LogP contribution in [0.1, 0.15) is 53.4 Å². The van der Waals surface area contributed by atoms with Crippen molar-refractivity contribution in [3.05, 3.63) is 0 Å². The van der Waals surface area contributed by atoms with Crippen molar-refractivity contribution in [3.63, 3.8) is 0 Å². The first kappa shape index (κ1) is 17.5. The number of carbonyl (C=O) groups is 3. The SMILES string of the molecule is CCCCNC(=O)C1CC(=O)NCN1C(=O)CC(C)(C)C. The van der Waals surface area contributed by atoms with Gasteiger partial charge in [0.25, 0.3) is 0 Å². The van der Waals surface area contributed by atoms with Gasteiger partial charge in [-0.15, -0.1) is 0 Å². The summed E-state index contributed by atoms with van der Waals surface area (Å²) >= 11 is 0. The molecular formula is C15H27N3O3. The van der Waals surface area contributed by atoms with Gasteiger partial charge in [0, 0.05) is 13.0 Å². The molecule has 0 aromatic heterocycles. The van der Waals surface area contributed by atoms with Gasteiger partial charge in [-0.25, -0.2) is 0 Å². The van der Waals surface area contributed by atoms with Crippen molar-refractivity contribution < 1.29 is 14.4 Å². The lowest BCUT2D eigenvalue weighted by Gasteiger charge is -2.36. The third-order valence-corrected chi connectivity index (χ3v) is 3.34. The summed E-state index contributed by atoms with van der Waals surface area (Å²) in [5, 5.41) is 5.45. The van der Waals surface area contributed by atoms with Crippen molar-refractivity contribution in [2.24, 2.45) is 5.41 Å². The Labute approximate surface area is 126 Å². The summed E-state index contributed by atoms with van der Waals surface area (Å²) in [6.07, 6.45) is 2.26. The third kappa shape index (κ3) is 5.73. The van der Waals surface area contributed by atoms with Crippen LogP contribution in [0.4, 0.5) is 0 Å². The highest BCUT2D eigenvalue weighted by atomic mass is 16.2. The lowest BCUT2D eigenvalue weighted by molar-refractivity contribution is -0.148. The molecule has 0 aliphatic carbocycles. The van der Waals surface area contributed by atoms with Gasteiger partial charge in [0.2, 0.25) is 17.7 Å². The number of carbonyl (C=O) groups excluding carboxylic acids is 3. The van der Waals surface area contributed by atoms with E-state index >= 15 is 0 Å². The van der Waals surface area contributed by atoms with Crippen LogP contribution in [0.3, 0.4) is 0 Å². The molecule has 0 spiro atoms. The summed E-state index contributed by atoms with van der Waals surface area (Å²) in [5.41, 5.74) is -0.151. The van der Waals surface area contributed by atoms with E-state index in [2.05, 4.69) is 10.6 Å². The molecule has 1 atom stereocenters. The standard InChI is InChI=1S/C15H27N3O3/c1-5-6-7-16-14(21)11-8-12(19)17-10-18(11)13(20)9-15(2,3)4/h11H,5-10H2,1-4H3,(H,16,21)(H,17,19). The van der Waals surface area contributed by atoms with Gasteiger partial charge in [0.1, 0.15) is 6.04 Å². The number of amides is 3. The first-order chi connectivity index (χ1) is 9.74. The zero-order valence-corrected chi connectivity index (χ0v) is 13.5. The van der Waals surface area contributed by atoms with Crippen LogP contribution in [-0.2, 0) is 14.4 Å². The number of nitrogens with zero attached hydrogens (tertiary/aromatic N) is 1.